The molecular formula is C42H62N8O8S2. The Hall–Kier alpha value is -4.71. The maximum atomic E-state index is 14.8. The van der Waals surface area contributed by atoms with Crippen LogP contribution in [-0.4, -0.2) is 118 Å². The van der Waals surface area contributed by atoms with E-state index in [9.17, 15) is 33.0 Å². The first-order chi connectivity index (χ1) is 28.1. The van der Waals surface area contributed by atoms with Gasteiger partial charge in [-0.3, -0.25) is 38.0 Å². The van der Waals surface area contributed by atoms with E-state index in [2.05, 4.69) is 31.6 Å². The van der Waals surface area contributed by atoms with Crippen LogP contribution in [0.25, 0.3) is 0 Å². The van der Waals surface area contributed by atoms with E-state index in [1.165, 1.54) is 29.6 Å². The summed E-state index contributed by atoms with van der Waals surface area (Å²) in [6, 6.07) is 3.39. The van der Waals surface area contributed by atoms with Crippen LogP contribution in [0.15, 0.2) is 46.9 Å². The first-order valence-corrected chi connectivity index (χ1v) is 22.9. The van der Waals surface area contributed by atoms with Gasteiger partial charge in [0.05, 0.1) is 25.6 Å². The van der Waals surface area contributed by atoms with Crippen molar-refractivity contribution in [2.24, 2.45) is 21.7 Å². The Kier molecular flexibility index (Phi) is 16.6. The highest BCUT2D eigenvalue weighted by Crippen LogP contribution is 2.29. The molecule has 2 aliphatic rings. The molecule has 0 aliphatic carbocycles. The molecule has 2 aliphatic heterocycles. The Morgan fingerprint density at radius 2 is 1.70 bits per heavy atom. The average molecular weight is 871 g/mol. The Bertz CT molecular complexity index is 1900. The summed E-state index contributed by atoms with van der Waals surface area (Å²) < 4.78 is 17.1. The highest BCUT2D eigenvalue weighted by atomic mass is 32.2. The minimum Gasteiger partial charge on any atom is -0.469 e. The van der Waals surface area contributed by atoms with Crippen molar-refractivity contribution in [1.29, 1.82) is 0 Å². The van der Waals surface area contributed by atoms with Crippen LogP contribution in [0.5, 0.6) is 0 Å². The normalized spacial score (nSPS) is 22.9. The molecule has 0 saturated carbocycles. The number of rotatable bonds is 13. The van der Waals surface area contributed by atoms with E-state index in [4.69, 9.17) is 9.73 Å². The number of aromatic nitrogens is 1. The number of hydrogen-bond acceptors (Lipinski definition) is 12. The SMILES string of the molecule is COC(=O)C[C@@H](NC(=O)[C@@H](NC(=O)[C@@H](NC1=NCC(=O)N2CC[C@@H](C)[C@H]2C(=O)N[C@@H](CCS(C)=O)C(=O)N[C@H]1C(C)(C)C)C(C)(C)C)[C@@H](C)c1ccccc1)c1nccs1. The molecule has 1 aromatic heterocycles. The number of fused-ring (bicyclic) bond motifs is 1. The average Bonchev–Trinajstić information content (AvgIpc) is 3.86. The van der Waals surface area contributed by atoms with E-state index in [1.54, 1.807) is 11.6 Å². The van der Waals surface area contributed by atoms with Gasteiger partial charge in [0.2, 0.25) is 29.5 Å². The number of benzene rings is 1. The molecule has 1 saturated heterocycles. The predicted molar refractivity (Wildman–Crippen MR) is 231 cm³/mol. The minimum absolute atomic E-state index is 0.0889. The third-order valence-corrected chi connectivity index (χ3v) is 12.6. The lowest BCUT2D eigenvalue weighted by Gasteiger charge is -2.39. The van der Waals surface area contributed by atoms with E-state index in [-0.39, 0.29) is 36.9 Å². The number of hydrogen-bond donors (Lipinski definition) is 5. The molecule has 4 rings (SSSR count). The molecule has 60 heavy (non-hydrogen) atoms. The summed E-state index contributed by atoms with van der Waals surface area (Å²) in [7, 11) is 0.00223. The van der Waals surface area contributed by atoms with Crippen LogP contribution in [0, 0.1) is 16.7 Å². The largest absolute Gasteiger partial charge is 0.469 e. The van der Waals surface area contributed by atoms with Crippen molar-refractivity contribution in [2.75, 3.05) is 32.2 Å². The van der Waals surface area contributed by atoms with Gasteiger partial charge in [-0.25, -0.2) is 4.98 Å². The zero-order valence-electron chi connectivity index (χ0n) is 36.3. The predicted octanol–water partition coefficient (Wildman–Crippen LogP) is 2.59. The van der Waals surface area contributed by atoms with Crippen molar-refractivity contribution in [3.8, 4) is 0 Å². The van der Waals surface area contributed by atoms with Crippen LogP contribution in [0.4, 0.5) is 0 Å². The molecule has 5 N–H and O–H groups in total. The van der Waals surface area contributed by atoms with Crippen molar-refractivity contribution in [2.45, 2.75) is 117 Å². The fraction of sp³-hybridized carbons (Fsp3) is 0.619. The van der Waals surface area contributed by atoms with Crippen molar-refractivity contribution >= 4 is 63.5 Å². The number of nitrogens with one attached hydrogen (secondary N) is 5. The lowest BCUT2D eigenvalue weighted by molar-refractivity contribution is -0.141. The van der Waals surface area contributed by atoms with Gasteiger partial charge >= 0.3 is 5.97 Å². The van der Waals surface area contributed by atoms with E-state index in [0.29, 0.717) is 18.0 Å². The second-order valence-corrected chi connectivity index (χ2v) is 20.3. The number of amides is 5. The Morgan fingerprint density at radius 3 is 2.28 bits per heavy atom. The second-order valence-electron chi connectivity index (χ2n) is 17.8. The van der Waals surface area contributed by atoms with Gasteiger partial charge < -0.3 is 36.2 Å². The molecule has 2 aromatic rings. The van der Waals surface area contributed by atoms with Gasteiger partial charge in [-0.15, -0.1) is 11.3 Å². The molecular weight excluding hydrogens is 809 g/mol. The molecule has 1 aromatic carbocycles. The van der Waals surface area contributed by atoms with Crippen molar-refractivity contribution in [3.63, 3.8) is 0 Å². The molecule has 0 radical (unpaired) electrons. The number of nitrogens with zero attached hydrogens (tertiary/aromatic N) is 3. The monoisotopic (exact) mass is 870 g/mol. The Morgan fingerprint density at radius 1 is 1.02 bits per heavy atom. The van der Waals surface area contributed by atoms with Gasteiger partial charge in [0.15, 0.2) is 0 Å². The highest BCUT2D eigenvalue weighted by molar-refractivity contribution is 7.84. The van der Waals surface area contributed by atoms with Gasteiger partial charge in [0, 0.05) is 46.8 Å². The third-order valence-electron chi connectivity index (χ3n) is 10.9. The number of ether oxygens (including phenoxy) is 1. The van der Waals surface area contributed by atoms with E-state index < -0.39 is 99.3 Å². The number of amidine groups is 1. The van der Waals surface area contributed by atoms with Gasteiger partial charge in [-0.2, -0.15) is 0 Å². The summed E-state index contributed by atoms with van der Waals surface area (Å²) in [5.74, 6) is -3.47. The summed E-state index contributed by atoms with van der Waals surface area (Å²) in [6.45, 7) is 14.8. The number of aliphatic imine (C=N–C) groups is 1. The summed E-state index contributed by atoms with van der Waals surface area (Å²) in [4.78, 5) is 94.0. The summed E-state index contributed by atoms with van der Waals surface area (Å²) in [6.07, 6.45) is 3.58. The number of esters is 1. The lowest BCUT2D eigenvalue weighted by atomic mass is 9.82. The minimum atomic E-state index is -1.26. The van der Waals surface area contributed by atoms with E-state index >= 15 is 0 Å². The first-order valence-electron chi connectivity index (χ1n) is 20.2. The van der Waals surface area contributed by atoms with E-state index in [1.807, 2.05) is 85.7 Å². The lowest BCUT2D eigenvalue weighted by Crippen LogP contribution is -2.64. The second kappa shape index (κ2) is 20.7. The molecule has 0 spiro atoms. The van der Waals surface area contributed by atoms with Gasteiger partial charge in [0.1, 0.15) is 41.6 Å². The summed E-state index contributed by atoms with van der Waals surface area (Å²) >= 11 is 1.27. The van der Waals surface area contributed by atoms with Crippen LogP contribution >= 0.6 is 11.3 Å². The fourth-order valence-corrected chi connectivity index (χ4v) is 8.64. The molecule has 18 heteroatoms. The Balaban J connectivity index is 1.76. The fourth-order valence-electron chi connectivity index (χ4n) is 7.38. The molecule has 16 nitrogen and oxygen atoms in total. The molecule has 330 valence electrons. The van der Waals surface area contributed by atoms with Crippen LogP contribution in [0.3, 0.4) is 0 Å². The first kappa shape index (κ1) is 48.0. The standard InChI is InChI=1S/C42H62N8O8S2/c1-24-16-19-50-29(51)23-44-35(33(41(3,4)5)49-36(53)27(17-21-60(10)57)45-38(55)32(24)50)48-34(42(6,7)8)39(56)47-31(25(2)26-14-12-11-13-15-26)37(54)46-28(22-30(52)58-9)40-43-18-20-59-40/h11-15,18,20,24-25,27-28,31-34H,16-17,19,21-23H2,1-10H3,(H,44,48)(H,45,55)(H,46,54)(H,47,56)(H,49,53)/t24-,25+,27+,28-,31+,32+,33-,34-,60?/m1/s1. The smallest absolute Gasteiger partial charge is 0.308 e. The van der Waals surface area contributed by atoms with Crippen LogP contribution in [0.2, 0.25) is 0 Å². The maximum Gasteiger partial charge on any atom is 0.308 e. The molecule has 3 heterocycles. The van der Waals surface area contributed by atoms with Crippen molar-refractivity contribution < 1.29 is 37.7 Å². The molecule has 5 amide bonds. The Labute approximate surface area is 359 Å². The zero-order chi connectivity index (χ0) is 44.5. The third kappa shape index (κ3) is 12.7. The van der Waals surface area contributed by atoms with Crippen molar-refractivity contribution in [3.05, 3.63) is 52.5 Å². The molecule has 1 fully saturated rings. The van der Waals surface area contributed by atoms with Crippen LogP contribution < -0.4 is 26.6 Å². The maximum absolute atomic E-state index is 14.8. The summed E-state index contributed by atoms with van der Waals surface area (Å²) in [5.41, 5.74) is -0.817. The number of thiazole rings is 1. The van der Waals surface area contributed by atoms with Gasteiger partial charge in [-0.1, -0.05) is 85.7 Å². The quantitative estimate of drug-likeness (QED) is 0.186. The highest BCUT2D eigenvalue weighted by Gasteiger charge is 2.44. The van der Waals surface area contributed by atoms with Gasteiger partial charge in [-0.05, 0) is 35.2 Å². The van der Waals surface area contributed by atoms with Gasteiger partial charge in [0.25, 0.3) is 0 Å². The number of carbonyl (C=O) groups is 6. The summed E-state index contributed by atoms with van der Waals surface area (Å²) in [5, 5.41) is 17.4. The zero-order valence-corrected chi connectivity index (χ0v) is 38.0. The van der Waals surface area contributed by atoms with Crippen LogP contribution in [-0.2, 0) is 44.3 Å². The van der Waals surface area contributed by atoms with E-state index in [0.717, 1.165) is 5.56 Å². The number of methoxy groups -OCH3 is 1. The van der Waals surface area contributed by atoms with Crippen molar-refractivity contribution in [1.82, 2.24) is 36.5 Å². The number of carbonyl (C=O) groups excluding carboxylic acids is 6. The molecule has 0 bridgehead atoms. The molecule has 9 atom stereocenters. The van der Waals surface area contributed by atoms with Crippen LogP contribution in [0.1, 0.15) is 97.2 Å². The topological polar surface area (TPSA) is 217 Å². The molecule has 1 unspecified atom stereocenters.